The van der Waals surface area contributed by atoms with Crippen LogP contribution in [-0.4, -0.2) is 25.3 Å². The van der Waals surface area contributed by atoms with Crippen molar-refractivity contribution in [2.45, 2.75) is 47.7 Å². The standard InChI is InChI=1S/C11H14N4OS2/c16-7-9-5-6-10(17-9)18-11-12-13-14-15(11)8-3-1-2-4-8/h5-6,8,16H,1-4,7H2. The normalized spacial score (nSPS) is 16.5. The second kappa shape index (κ2) is 5.38. The molecule has 0 atom stereocenters. The van der Waals surface area contributed by atoms with Crippen molar-refractivity contribution >= 4 is 23.1 Å². The SMILES string of the molecule is OCc1ccc(Sc2nnnn2C2CCCC2)s1. The third-order valence-electron chi connectivity index (χ3n) is 3.12. The molecule has 3 rings (SSSR count). The van der Waals surface area contributed by atoms with Crippen molar-refractivity contribution in [3.63, 3.8) is 0 Å². The Morgan fingerprint density at radius 3 is 2.94 bits per heavy atom. The van der Waals surface area contributed by atoms with E-state index in [0.717, 1.165) is 14.2 Å². The van der Waals surface area contributed by atoms with Gasteiger partial charge in [-0.15, -0.1) is 16.4 Å². The second-order valence-corrected chi connectivity index (χ2v) is 6.76. The molecule has 5 nitrogen and oxygen atoms in total. The van der Waals surface area contributed by atoms with Gasteiger partial charge >= 0.3 is 0 Å². The van der Waals surface area contributed by atoms with Crippen LogP contribution in [0, 0.1) is 0 Å². The first-order chi connectivity index (χ1) is 8.86. The van der Waals surface area contributed by atoms with E-state index in [2.05, 4.69) is 15.5 Å². The van der Waals surface area contributed by atoms with Gasteiger partial charge in [0.05, 0.1) is 16.9 Å². The Morgan fingerprint density at radius 1 is 1.39 bits per heavy atom. The molecule has 0 saturated heterocycles. The van der Waals surface area contributed by atoms with Crippen LogP contribution in [0.25, 0.3) is 0 Å². The minimum absolute atomic E-state index is 0.0960. The van der Waals surface area contributed by atoms with Crippen molar-refractivity contribution in [1.29, 1.82) is 0 Å². The molecule has 0 unspecified atom stereocenters. The molecule has 7 heteroatoms. The molecule has 0 aromatic carbocycles. The molecular weight excluding hydrogens is 268 g/mol. The summed E-state index contributed by atoms with van der Waals surface area (Å²) in [4.78, 5) is 0.970. The molecule has 0 amide bonds. The quantitative estimate of drug-likeness (QED) is 0.933. The molecule has 96 valence electrons. The first-order valence-electron chi connectivity index (χ1n) is 6.02. The molecule has 1 fully saturated rings. The Kier molecular flexibility index (Phi) is 3.62. The van der Waals surface area contributed by atoms with Gasteiger partial charge in [-0.05, 0) is 47.2 Å². The van der Waals surface area contributed by atoms with Crippen molar-refractivity contribution < 1.29 is 5.11 Å². The third kappa shape index (κ3) is 2.43. The number of aliphatic hydroxyl groups is 1. The molecule has 0 aliphatic heterocycles. The maximum Gasteiger partial charge on any atom is 0.215 e. The molecular formula is C11H14N4OS2. The van der Waals surface area contributed by atoms with Gasteiger partial charge in [0.2, 0.25) is 5.16 Å². The van der Waals surface area contributed by atoms with Crippen LogP contribution in [0.3, 0.4) is 0 Å². The van der Waals surface area contributed by atoms with Gasteiger partial charge < -0.3 is 5.11 Å². The van der Waals surface area contributed by atoms with E-state index in [1.165, 1.54) is 25.7 Å². The fourth-order valence-corrected chi connectivity index (χ4v) is 4.20. The van der Waals surface area contributed by atoms with Crippen LogP contribution in [0.4, 0.5) is 0 Å². The minimum atomic E-state index is 0.0960. The van der Waals surface area contributed by atoms with Crippen LogP contribution in [0.2, 0.25) is 0 Å². The van der Waals surface area contributed by atoms with Gasteiger partial charge in [-0.1, -0.05) is 12.8 Å². The van der Waals surface area contributed by atoms with Crippen LogP contribution >= 0.6 is 23.1 Å². The summed E-state index contributed by atoms with van der Waals surface area (Å²) in [7, 11) is 0. The maximum atomic E-state index is 9.06. The fraction of sp³-hybridized carbons (Fsp3) is 0.545. The Hall–Kier alpha value is -0.920. The fourth-order valence-electron chi connectivity index (χ4n) is 2.22. The predicted molar refractivity (Wildman–Crippen MR) is 69.7 cm³/mol. The monoisotopic (exact) mass is 282 g/mol. The number of aromatic nitrogens is 4. The summed E-state index contributed by atoms with van der Waals surface area (Å²) < 4.78 is 3.07. The van der Waals surface area contributed by atoms with Crippen molar-refractivity contribution in [2.75, 3.05) is 0 Å². The Labute approximate surface area is 113 Å². The highest BCUT2D eigenvalue weighted by molar-refractivity contribution is 8.01. The molecule has 0 bridgehead atoms. The lowest BCUT2D eigenvalue weighted by atomic mass is 10.3. The summed E-state index contributed by atoms with van der Waals surface area (Å²) in [6, 6.07) is 4.41. The van der Waals surface area contributed by atoms with E-state index in [1.807, 2.05) is 16.8 Å². The first kappa shape index (κ1) is 12.1. The van der Waals surface area contributed by atoms with Crippen molar-refractivity contribution in [3.05, 3.63) is 17.0 Å². The van der Waals surface area contributed by atoms with E-state index in [9.17, 15) is 0 Å². The average Bonchev–Trinajstić information content (AvgIpc) is 3.09. The number of rotatable bonds is 4. The highest BCUT2D eigenvalue weighted by atomic mass is 32.2. The lowest BCUT2D eigenvalue weighted by Crippen LogP contribution is -2.07. The van der Waals surface area contributed by atoms with Crippen LogP contribution in [0.15, 0.2) is 21.5 Å². The molecule has 18 heavy (non-hydrogen) atoms. The largest absolute Gasteiger partial charge is 0.391 e. The summed E-state index contributed by atoms with van der Waals surface area (Å²) in [5.74, 6) is 0. The minimum Gasteiger partial charge on any atom is -0.391 e. The van der Waals surface area contributed by atoms with E-state index in [0.29, 0.717) is 6.04 Å². The summed E-state index contributed by atoms with van der Waals surface area (Å²) in [5, 5.41) is 21.9. The molecule has 2 aromatic rings. The highest BCUT2D eigenvalue weighted by Crippen LogP contribution is 2.36. The van der Waals surface area contributed by atoms with Crippen LogP contribution in [0.1, 0.15) is 36.6 Å². The lowest BCUT2D eigenvalue weighted by molar-refractivity contribution is 0.285. The van der Waals surface area contributed by atoms with Crippen LogP contribution < -0.4 is 0 Å². The Bertz CT molecular complexity index is 519. The zero-order chi connectivity index (χ0) is 12.4. The summed E-state index contributed by atoms with van der Waals surface area (Å²) in [5.41, 5.74) is 0. The van der Waals surface area contributed by atoms with Gasteiger partial charge in [0.1, 0.15) is 0 Å². The number of thiophene rings is 1. The summed E-state index contributed by atoms with van der Waals surface area (Å²) in [6.07, 6.45) is 4.88. The molecule has 1 saturated carbocycles. The molecule has 1 aliphatic rings. The van der Waals surface area contributed by atoms with E-state index in [1.54, 1.807) is 23.1 Å². The third-order valence-corrected chi connectivity index (χ3v) is 5.27. The zero-order valence-corrected chi connectivity index (χ0v) is 11.5. The lowest BCUT2D eigenvalue weighted by Gasteiger charge is -2.09. The van der Waals surface area contributed by atoms with Gasteiger partial charge in [-0.2, -0.15) is 0 Å². The van der Waals surface area contributed by atoms with Gasteiger partial charge in [0, 0.05) is 4.88 Å². The molecule has 2 heterocycles. The number of tetrazole rings is 1. The molecule has 2 aromatic heterocycles. The number of aliphatic hydroxyl groups excluding tert-OH is 1. The molecule has 1 aliphatic carbocycles. The number of nitrogens with zero attached hydrogens (tertiary/aromatic N) is 4. The highest BCUT2D eigenvalue weighted by Gasteiger charge is 2.22. The van der Waals surface area contributed by atoms with E-state index in [4.69, 9.17) is 5.11 Å². The van der Waals surface area contributed by atoms with Gasteiger partial charge in [0.15, 0.2) is 0 Å². The van der Waals surface area contributed by atoms with Crippen molar-refractivity contribution in [3.8, 4) is 0 Å². The van der Waals surface area contributed by atoms with Crippen LogP contribution in [0.5, 0.6) is 0 Å². The average molecular weight is 282 g/mol. The molecule has 0 radical (unpaired) electrons. The molecule has 1 N–H and O–H groups in total. The summed E-state index contributed by atoms with van der Waals surface area (Å²) in [6.45, 7) is 0.0960. The Balaban J connectivity index is 1.78. The predicted octanol–water partition coefficient (Wildman–Crippen LogP) is 2.49. The maximum absolute atomic E-state index is 9.06. The zero-order valence-electron chi connectivity index (χ0n) is 9.82. The molecule has 0 spiro atoms. The van der Waals surface area contributed by atoms with Gasteiger partial charge in [-0.3, -0.25) is 0 Å². The van der Waals surface area contributed by atoms with E-state index >= 15 is 0 Å². The topological polar surface area (TPSA) is 63.8 Å². The number of hydrogen-bond donors (Lipinski definition) is 1. The van der Waals surface area contributed by atoms with Crippen molar-refractivity contribution in [2.24, 2.45) is 0 Å². The van der Waals surface area contributed by atoms with E-state index in [-0.39, 0.29) is 6.61 Å². The van der Waals surface area contributed by atoms with Gasteiger partial charge in [-0.25, -0.2) is 4.68 Å². The van der Waals surface area contributed by atoms with Crippen molar-refractivity contribution in [1.82, 2.24) is 20.2 Å². The smallest absolute Gasteiger partial charge is 0.215 e. The first-order valence-corrected chi connectivity index (χ1v) is 7.65. The summed E-state index contributed by atoms with van der Waals surface area (Å²) >= 11 is 3.16. The Morgan fingerprint density at radius 2 is 2.22 bits per heavy atom. The van der Waals surface area contributed by atoms with E-state index < -0.39 is 0 Å². The number of hydrogen-bond acceptors (Lipinski definition) is 6. The van der Waals surface area contributed by atoms with Gasteiger partial charge in [0.25, 0.3) is 0 Å². The second-order valence-electron chi connectivity index (χ2n) is 4.33. The van der Waals surface area contributed by atoms with Crippen LogP contribution in [-0.2, 0) is 6.61 Å².